The summed E-state index contributed by atoms with van der Waals surface area (Å²) >= 11 is 1.84. The smallest absolute Gasteiger partial charge is 0.332 e. The van der Waals surface area contributed by atoms with Gasteiger partial charge in [-0.1, -0.05) is 6.92 Å². The molecule has 1 aliphatic heterocycles. The van der Waals surface area contributed by atoms with E-state index in [4.69, 9.17) is 9.84 Å². The number of nitrogens with one attached hydrogen (secondary N) is 1. The second-order valence-electron chi connectivity index (χ2n) is 4.42. The predicted octanol–water partition coefficient (Wildman–Crippen LogP) is 1.27. The zero-order chi connectivity index (χ0) is 13.5. The number of amides is 1. The quantitative estimate of drug-likeness (QED) is 0.684. The van der Waals surface area contributed by atoms with Crippen molar-refractivity contribution in [3.63, 3.8) is 0 Å². The zero-order valence-corrected chi connectivity index (χ0v) is 11.7. The predicted molar refractivity (Wildman–Crippen MR) is 70.8 cm³/mol. The summed E-state index contributed by atoms with van der Waals surface area (Å²) in [4.78, 5) is 22.5. The average molecular weight is 275 g/mol. The minimum absolute atomic E-state index is 0.101. The highest BCUT2D eigenvalue weighted by Crippen LogP contribution is 2.20. The first kappa shape index (κ1) is 15.3. The molecule has 0 aromatic rings. The van der Waals surface area contributed by atoms with Gasteiger partial charge in [0, 0.05) is 6.04 Å². The van der Waals surface area contributed by atoms with Crippen molar-refractivity contribution >= 4 is 23.6 Å². The van der Waals surface area contributed by atoms with Gasteiger partial charge in [0.25, 0.3) is 0 Å². The Morgan fingerprint density at radius 2 is 2.11 bits per heavy atom. The molecule has 1 saturated heterocycles. The molecule has 2 N–H and O–H groups in total. The molecular formula is C12H21NO4S. The number of hydrogen-bond acceptors (Lipinski definition) is 4. The Hall–Kier alpha value is -0.750. The first-order valence-electron chi connectivity index (χ1n) is 6.31. The molecular weight excluding hydrogens is 254 g/mol. The average Bonchev–Trinajstić information content (AvgIpc) is 2.78. The Kier molecular flexibility index (Phi) is 6.49. The maximum absolute atomic E-state index is 11.8. The van der Waals surface area contributed by atoms with Crippen LogP contribution in [0.4, 0.5) is 0 Å². The molecule has 1 rings (SSSR count). The largest absolute Gasteiger partial charge is 0.479 e. The number of aliphatic carboxylic acids is 1. The van der Waals surface area contributed by atoms with Gasteiger partial charge in [0.1, 0.15) is 6.10 Å². The number of carboxylic acids is 1. The molecule has 0 aromatic heterocycles. The minimum Gasteiger partial charge on any atom is -0.479 e. The Morgan fingerprint density at radius 3 is 2.67 bits per heavy atom. The van der Waals surface area contributed by atoms with Crippen LogP contribution in [0.5, 0.6) is 0 Å². The van der Waals surface area contributed by atoms with Crippen LogP contribution in [0.15, 0.2) is 0 Å². The molecule has 104 valence electrons. The fraction of sp³-hybridized carbons (Fsp3) is 0.833. The van der Waals surface area contributed by atoms with E-state index in [1.165, 1.54) is 0 Å². The van der Waals surface area contributed by atoms with Crippen LogP contribution in [0, 0.1) is 0 Å². The van der Waals surface area contributed by atoms with Crippen LogP contribution in [0.2, 0.25) is 0 Å². The second kappa shape index (κ2) is 7.63. The van der Waals surface area contributed by atoms with E-state index < -0.39 is 18.2 Å². The number of carbonyl (C=O) groups is 2. The summed E-state index contributed by atoms with van der Waals surface area (Å²) in [6.45, 7) is 4.06. The maximum atomic E-state index is 11.8. The lowest BCUT2D eigenvalue weighted by atomic mass is 10.1. The van der Waals surface area contributed by atoms with Crippen LogP contribution in [0.3, 0.4) is 0 Å². The van der Waals surface area contributed by atoms with Crippen LogP contribution in [-0.4, -0.2) is 46.7 Å². The van der Waals surface area contributed by atoms with Gasteiger partial charge in [-0.3, -0.25) is 4.79 Å². The lowest BCUT2D eigenvalue weighted by molar-refractivity contribution is -0.151. The topological polar surface area (TPSA) is 75.6 Å². The summed E-state index contributed by atoms with van der Waals surface area (Å²) in [5, 5.41) is 11.6. The van der Waals surface area contributed by atoms with Crippen molar-refractivity contribution in [2.75, 3.05) is 11.5 Å². The first-order chi connectivity index (χ1) is 8.54. The Bertz CT molecular complexity index is 298. The second-order valence-corrected chi connectivity index (χ2v) is 5.82. The Balaban J connectivity index is 2.26. The number of carboxylic acid groups (broad SMARTS) is 1. The number of carbonyl (C=O) groups excluding carboxylic acids is 1. The highest BCUT2D eigenvalue weighted by Gasteiger charge is 2.34. The van der Waals surface area contributed by atoms with Gasteiger partial charge in [-0.15, -0.1) is 0 Å². The van der Waals surface area contributed by atoms with Gasteiger partial charge in [0.15, 0.2) is 6.10 Å². The molecule has 1 heterocycles. The van der Waals surface area contributed by atoms with Crippen molar-refractivity contribution in [1.82, 2.24) is 5.32 Å². The molecule has 3 atom stereocenters. The Morgan fingerprint density at radius 1 is 1.44 bits per heavy atom. The third kappa shape index (κ3) is 4.86. The van der Waals surface area contributed by atoms with Gasteiger partial charge in [-0.25, -0.2) is 4.79 Å². The van der Waals surface area contributed by atoms with E-state index >= 15 is 0 Å². The van der Waals surface area contributed by atoms with E-state index in [0.717, 1.165) is 17.9 Å². The molecule has 0 radical (unpaired) electrons. The molecule has 6 heteroatoms. The van der Waals surface area contributed by atoms with Crippen LogP contribution >= 0.6 is 11.8 Å². The van der Waals surface area contributed by atoms with Crippen LogP contribution in [-0.2, 0) is 14.3 Å². The van der Waals surface area contributed by atoms with Gasteiger partial charge in [-0.2, -0.15) is 11.8 Å². The first-order valence-corrected chi connectivity index (χ1v) is 7.46. The summed E-state index contributed by atoms with van der Waals surface area (Å²) in [6.07, 6.45) is 0.380. The van der Waals surface area contributed by atoms with Crippen molar-refractivity contribution in [2.24, 2.45) is 0 Å². The SMILES string of the molecule is CCSCCC(C)NC(=O)[C@@H]1CC[C@H](C(=O)O)O1. The summed E-state index contributed by atoms with van der Waals surface area (Å²) in [7, 11) is 0. The lowest BCUT2D eigenvalue weighted by Gasteiger charge is -2.17. The maximum Gasteiger partial charge on any atom is 0.332 e. The highest BCUT2D eigenvalue weighted by molar-refractivity contribution is 7.99. The van der Waals surface area contributed by atoms with E-state index in [9.17, 15) is 9.59 Å². The molecule has 0 aliphatic carbocycles. The molecule has 1 fully saturated rings. The fourth-order valence-electron chi connectivity index (χ4n) is 1.82. The normalized spacial score (nSPS) is 24.8. The standard InChI is InChI=1S/C12H21NO4S/c1-3-18-7-6-8(2)13-11(14)9-4-5-10(17-9)12(15)16/h8-10H,3-7H2,1-2H3,(H,13,14)(H,15,16)/t8?,9-,10+/m0/s1. The van der Waals surface area contributed by atoms with Crippen molar-refractivity contribution in [2.45, 2.75) is 51.4 Å². The molecule has 0 aromatic carbocycles. The fourth-order valence-corrected chi connectivity index (χ4v) is 2.63. The van der Waals surface area contributed by atoms with Crippen molar-refractivity contribution in [3.05, 3.63) is 0 Å². The number of ether oxygens (including phenoxy) is 1. The van der Waals surface area contributed by atoms with E-state index in [2.05, 4.69) is 12.2 Å². The van der Waals surface area contributed by atoms with Crippen LogP contribution in [0.25, 0.3) is 0 Å². The molecule has 0 spiro atoms. The van der Waals surface area contributed by atoms with Crippen LogP contribution in [0.1, 0.15) is 33.1 Å². The van der Waals surface area contributed by atoms with Gasteiger partial charge in [0.2, 0.25) is 5.91 Å². The minimum atomic E-state index is -0.988. The zero-order valence-electron chi connectivity index (χ0n) is 10.8. The van der Waals surface area contributed by atoms with Gasteiger partial charge < -0.3 is 15.2 Å². The van der Waals surface area contributed by atoms with E-state index in [1.54, 1.807) is 0 Å². The van der Waals surface area contributed by atoms with E-state index in [-0.39, 0.29) is 11.9 Å². The van der Waals surface area contributed by atoms with E-state index in [1.807, 2.05) is 18.7 Å². The summed E-state index contributed by atoms with van der Waals surface area (Å²) in [5.74, 6) is 0.916. The molecule has 1 unspecified atom stereocenters. The van der Waals surface area contributed by atoms with Gasteiger partial charge in [0.05, 0.1) is 0 Å². The molecule has 1 amide bonds. The molecule has 1 aliphatic rings. The van der Waals surface area contributed by atoms with Crippen molar-refractivity contribution in [1.29, 1.82) is 0 Å². The third-order valence-electron chi connectivity index (χ3n) is 2.88. The number of hydrogen-bond donors (Lipinski definition) is 2. The number of thioether (sulfide) groups is 1. The third-order valence-corrected chi connectivity index (χ3v) is 3.81. The summed E-state index contributed by atoms with van der Waals surface area (Å²) in [6, 6.07) is 0.101. The Labute approximate surface area is 112 Å². The molecule has 0 bridgehead atoms. The lowest BCUT2D eigenvalue weighted by Crippen LogP contribution is -2.40. The monoisotopic (exact) mass is 275 g/mol. The summed E-state index contributed by atoms with van der Waals surface area (Å²) in [5.41, 5.74) is 0. The van der Waals surface area contributed by atoms with E-state index in [0.29, 0.717) is 12.8 Å². The molecule has 5 nitrogen and oxygen atoms in total. The summed E-state index contributed by atoms with van der Waals surface area (Å²) < 4.78 is 5.19. The van der Waals surface area contributed by atoms with Gasteiger partial charge >= 0.3 is 5.97 Å². The van der Waals surface area contributed by atoms with Crippen molar-refractivity contribution in [3.8, 4) is 0 Å². The van der Waals surface area contributed by atoms with Crippen molar-refractivity contribution < 1.29 is 19.4 Å². The number of rotatable bonds is 7. The molecule has 0 saturated carbocycles. The van der Waals surface area contributed by atoms with Crippen LogP contribution < -0.4 is 5.32 Å². The highest BCUT2D eigenvalue weighted by atomic mass is 32.2. The van der Waals surface area contributed by atoms with Gasteiger partial charge in [-0.05, 0) is 37.7 Å². The molecule has 18 heavy (non-hydrogen) atoms.